The molecule has 1 saturated heterocycles. The average molecular weight is 289 g/mol. The van der Waals surface area contributed by atoms with Crippen LogP contribution in [0.1, 0.15) is 31.2 Å². The van der Waals surface area contributed by atoms with Gasteiger partial charge in [0.05, 0.1) is 4.92 Å². The molecule has 3 rings (SSSR count). The largest absolute Gasteiger partial charge is 0.369 e. The van der Waals surface area contributed by atoms with Crippen LogP contribution in [0.15, 0.2) is 18.2 Å². The fourth-order valence-corrected chi connectivity index (χ4v) is 3.71. The van der Waals surface area contributed by atoms with E-state index in [2.05, 4.69) is 9.80 Å². The standard InChI is InChI=1S/C16H23N3O2/c1-13-12-15(19(20)21)6-7-16(13)18-10-8-17(9-11-18)14-4-2-3-5-14/h6-7,12,14H,2-5,8-11H2,1H3. The molecule has 1 saturated carbocycles. The van der Waals surface area contributed by atoms with Gasteiger partial charge in [-0.2, -0.15) is 0 Å². The van der Waals surface area contributed by atoms with Crippen molar-refractivity contribution < 1.29 is 4.92 Å². The molecule has 5 nitrogen and oxygen atoms in total. The second-order valence-electron chi connectivity index (χ2n) is 6.19. The van der Waals surface area contributed by atoms with Gasteiger partial charge in [-0.3, -0.25) is 15.0 Å². The van der Waals surface area contributed by atoms with Crippen molar-refractivity contribution in [2.75, 3.05) is 31.1 Å². The maximum absolute atomic E-state index is 10.8. The van der Waals surface area contributed by atoms with Gasteiger partial charge in [0, 0.05) is 50.0 Å². The van der Waals surface area contributed by atoms with E-state index in [1.54, 1.807) is 12.1 Å². The minimum Gasteiger partial charge on any atom is -0.369 e. The first kappa shape index (κ1) is 14.3. The first-order valence-electron chi connectivity index (χ1n) is 7.89. The Balaban J connectivity index is 1.65. The van der Waals surface area contributed by atoms with Crippen LogP contribution in [0, 0.1) is 17.0 Å². The van der Waals surface area contributed by atoms with Crippen LogP contribution in [0.5, 0.6) is 0 Å². The molecule has 0 atom stereocenters. The summed E-state index contributed by atoms with van der Waals surface area (Å²) < 4.78 is 0. The number of hydrogen-bond acceptors (Lipinski definition) is 4. The van der Waals surface area contributed by atoms with E-state index in [9.17, 15) is 10.1 Å². The molecule has 5 heteroatoms. The topological polar surface area (TPSA) is 49.6 Å². The first-order valence-corrected chi connectivity index (χ1v) is 7.89. The van der Waals surface area contributed by atoms with Crippen molar-refractivity contribution in [3.05, 3.63) is 33.9 Å². The van der Waals surface area contributed by atoms with E-state index in [0.29, 0.717) is 0 Å². The van der Waals surface area contributed by atoms with Gasteiger partial charge >= 0.3 is 0 Å². The average Bonchev–Trinajstić information content (AvgIpc) is 3.01. The van der Waals surface area contributed by atoms with Crippen LogP contribution < -0.4 is 4.90 Å². The number of anilines is 1. The molecule has 1 heterocycles. The molecular formula is C16H23N3O2. The van der Waals surface area contributed by atoms with E-state index in [1.807, 2.05) is 13.0 Å². The second-order valence-corrected chi connectivity index (χ2v) is 6.19. The highest BCUT2D eigenvalue weighted by atomic mass is 16.6. The molecule has 21 heavy (non-hydrogen) atoms. The van der Waals surface area contributed by atoms with Crippen LogP contribution in [0.3, 0.4) is 0 Å². The Hall–Kier alpha value is -1.62. The maximum Gasteiger partial charge on any atom is 0.269 e. The lowest BCUT2D eigenvalue weighted by Crippen LogP contribution is -2.49. The fourth-order valence-electron chi connectivity index (χ4n) is 3.71. The highest BCUT2D eigenvalue weighted by Gasteiger charge is 2.26. The number of rotatable bonds is 3. The molecule has 2 aliphatic rings. The summed E-state index contributed by atoms with van der Waals surface area (Å²) in [4.78, 5) is 15.5. The van der Waals surface area contributed by atoms with Gasteiger partial charge in [-0.1, -0.05) is 12.8 Å². The number of piperazine rings is 1. The second kappa shape index (κ2) is 6.02. The smallest absolute Gasteiger partial charge is 0.269 e. The molecule has 0 N–H and O–H groups in total. The summed E-state index contributed by atoms with van der Waals surface area (Å²) in [6, 6.07) is 5.99. The van der Waals surface area contributed by atoms with Crippen LogP contribution in [-0.4, -0.2) is 42.0 Å². The third-order valence-electron chi connectivity index (χ3n) is 4.89. The van der Waals surface area contributed by atoms with Gasteiger partial charge in [-0.05, 0) is 31.4 Å². The van der Waals surface area contributed by atoms with E-state index in [1.165, 1.54) is 25.7 Å². The molecule has 114 valence electrons. The van der Waals surface area contributed by atoms with Crippen molar-refractivity contribution in [1.82, 2.24) is 4.90 Å². The Bertz CT molecular complexity index is 518. The zero-order valence-corrected chi connectivity index (χ0v) is 12.6. The molecule has 0 bridgehead atoms. The van der Waals surface area contributed by atoms with Crippen LogP contribution >= 0.6 is 0 Å². The van der Waals surface area contributed by atoms with Crippen LogP contribution in [0.2, 0.25) is 0 Å². The van der Waals surface area contributed by atoms with Gasteiger partial charge in [0.1, 0.15) is 0 Å². The lowest BCUT2D eigenvalue weighted by atomic mass is 10.1. The molecule has 0 amide bonds. The molecule has 0 radical (unpaired) electrons. The number of hydrogen-bond donors (Lipinski definition) is 0. The van der Waals surface area contributed by atoms with E-state index in [-0.39, 0.29) is 10.6 Å². The number of benzene rings is 1. The molecule has 0 unspecified atom stereocenters. The van der Waals surface area contributed by atoms with Crippen molar-refractivity contribution in [2.24, 2.45) is 0 Å². The summed E-state index contributed by atoms with van der Waals surface area (Å²) in [6.07, 6.45) is 5.48. The van der Waals surface area contributed by atoms with Gasteiger partial charge in [-0.15, -0.1) is 0 Å². The van der Waals surface area contributed by atoms with Crippen LogP contribution in [0.4, 0.5) is 11.4 Å². The molecule has 1 aromatic carbocycles. The molecule has 0 aromatic heterocycles. The summed E-state index contributed by atoms with van der Waals surface area (Å²) >= 11 is 0. The fraction of sp³-hybridized carbons (Fsp3) is 0.625. The summed E-state index contributed by atoms with van der Waals surface area (Å²) in [6.45, 7) is 6.23. The minimum atomic E-state index is -0.325. The van der Waals surface area contributed by atoms with Gasteiger partial charge in [0.25, 0.3) is 5.69 Å². The lowest BCUT2D eigenvalue weighted by Gasteiger charge is -2.39. The van der Waals surface area contributed by atoms with E-state index >= 15 is 0 Å². The molecule has 1 aliphatic carbocycles. The van der Waals surface area contributed by atoms with Crippen molar-refractivity contribution in [1.29, 1.82) is 0 Å². The monoisotopic (exact) mass is 289 g/mol. The predicted molar refractivity (Wildman–Crippen MR) is 83.9 cm³/mol. The van der Waals surface area contributed by atoms with Crippen molar-refractivity contribution in [3.8, 4) is 0 Å². The Morgan fingerprint density at radius 2 is 1.81 bits per heavy atom. The van der Waals surface area contributed by atoms with Crippen LogP contribution in [-0.2, 0) is 0 Å². The van der Waals surface area contributed by atoms with Crippen molar-refractivity contribution >= 4 is 11.4 Å². The van der Waals surface area contributed by atoms with E-state index in [0.717, 1.165) is 43.5 Å². The Morgan fingerprint density at radius 3 is 2.38 bits per heavy atom. The SMILES string of the molecule is Cc1cc([N+](=O)[O-])ccc1N1CCN(C2CCCC2)CC1. The molecule has 0 spiro atoms. The zero-order valence-electron chi connectivity index (χ0n) is 12.6. The quantitative estimate of drug-likeness (QED) is 0.634. The third kappa shape index (κ3) is 3.02. The highest BCUT2D eigenvalue weighted by Crippen LogP contribution is 2.28. The van der Waals surface area contributed by atoms with Gasteiger partial charge < -0.3 is 4.90 Å². The Morgan fingerprint density at radius 1 is 1.14 bits per heavy atom. The minimum absolute atomic E-state index is 0.181. The highest BCUT2D eigenvalue weighted by molar-refractivity contribution is 5.57. The normalized spacial score (nSPS) is 20.9. The zero-order chi connectivity index (χ0) is 14.8. The number of aryl methyl sites for hydroxylation is 1. The van der Waals surface area contributed by atoms with Crippen LogP contribution in [0.25, 0.3) is 0 Å². The van der Waals surface area contributed by atoms with E-state index < -0.39 is 0 Å². The number of non-ortho nitro benzene ring substituents is 1. The van der Waals surface area contributed by atoms with Crippen molar-refractivity contribution in [2.45, 2.75) is 38.6 Å². The summed E-state index contributed by atoms with van der Waals surface area (Å²) in [7, 11) is 0. The lowest BCUT2D eigenvalue weighted by molar-refractivity contribution is -0.384. The third-order valence-corrected chi connectivity index (χ3v) is 4.89. The summed E-state index contributed by atoms with van der Waals surface area (Å²) in [5.74, 6) is 0. The molecule has 2 fully saturated rings. The van der Waals surface area contributed by atoms with Gasteiger partial charge in [-0.25, -0.2) is 0 Å². The molecule has 1 aliphatic heterocycles. The van der Waals surface area contributed by atoms with Gasteiger partial charge in [0.2, 0.25) is 0 Å². The summed E-state index contributed by atoms with van der Waals surface area (Å²) in [5.41, 5.74) is 2.33. The summed E-state index contributed by atoms with van der Waals surface area (Å²) in [5, 5.41) is 10.8. The maximum atomic E-state index is 10.8. The molecular weight excluding hydrogens is 266 g/mol. The number of nitrogens with zero attached hydrogens (tertiary/aromatic N) is 3. The van der Waals surface area contributed by atoms with Crippen molar-refractivity contribution in [3.63, 3.8) is 0 Å². The first-order chi connectivity index (χ1) is 10.1. The molecule has 1 aromatic rings. The Labute approximate surface area is 125 Å². The number of nitro groups is 1. The van der Waals surface area contributed by atoms with Gasteiger partial charge in [0.15, 0.2) is 0 Å². The predicted octanol–water partition coefficient (Wildman–Crippen LogP) is 2.97. The number of nitro benzene ring substituents is 1. The van der Waals surface area contributed by atoms with E-state index in [4.69, 9.17) is 0 Å². The Kier molecular flexibility index (Phi) is 4.10.